The molecule has 28 heavy (non-hydrogen) atoms. The molecule has 1 aliphatic rings. The largest absolute Gasteiger partial charge is 0.416 e. The molecule has 2 aromatic rings. The smallest absolute Gasteiger partial charge is 0.298 e. The second-order valence-electron chi connectivity index (χ2n) is 6.69. The Morgan fingerprint density at radius 2 is 1.39 bits per heavy atom. The molecule has 6 heteroatoms. The molecule has 0 radical (unpaired) electrons. The van der Waals surface area contributed by atoms with Crippen molar-refractivity contribution in [1.82, 2.24) is 4.90 Å². The molecule has 0 bridgehead atoms. The number of carbonyl (C=O) groups excluding carboxylic acids is 1. The van der Waals surface area contributed by atoms with Gasteiger partial charge in [-0.05, 0) is 54.6 Å². The fraction of sp³-hybridized carbons (Fsp3) is 0.182. The summed E-state index contributed by atoms with van der Waals surface area (Å²) in [5.41, 5.74) is 2.29. The highest BCUT2D eigenvalue weighted by Gasteiger charge is 2.30. The Balaban J connectivity index is 1.87. The average molecular weight is 382 g/mol. The van der Waals surface area contributed by atoms with Crippen LogP contribution in [0.4, 0.5) is 13.2 Å². The van der Waals surface area contributed by atoms with Crippen LogP contribution in [0.15, 0.2) is 59.7 Å². The first-order valence-electron chi connectivity index (χ1n) is 8.58. The van der Waals surface area contributed by atoms with Gasteiger partial charge in [0.2, 0.25) is 0 Å². The minimum absolute atomic E-state index is 0.123. The number of hydrogen-bond acceptors (Lipinski definition) is 3. The lowest BCUT2D eigenvalue weighted by Crippen LogP contribution is -2.34. The van der Waals surface area contributed by atoms with Gasteiger partial charge in [0.25, 0.3) is 0 Å². The van der Waals surface area contributed by atoms with Gasteiger partial charge in [-0.25, -0.2) is 0 Å². The zero-order chi connectivity index (χ0) is 20.3. The molecule has 3 nitrogen and oxygen atoms in total. The lowest BCUT2D eigenvalue weighted by atomic mass is 9.94. The monoisotopic (exact) mass is 382 g/mol. The highest BCUT2D eigenvalue weighted by molar-refractivity contribution is 6.14. The maximum absolute atomic E-state index is 12.8. The number of likely N-dealkylation sites (N-methyl/N-ethyl adjacent to an activating group) is 1. The maximum atomic E-state index is 12.8. The van der Waals surface area contributed by atoms with Gasteiger partial charge in [0.15, 0.2) is 5.78 Å². The summed E-state index contributed by atoms with van der Waals surface area (Å²) in [6.07, 6.45) is -0.978. The van der Waals surface area contributed by atoms with Crippen molar-refractivity contribution in [2.75, 3.05) is 20.1 Å². The molecule has 1 fully saturated rings. The van der Waals surface area contributed by atoms with Gasteiger partial charge in [0.1, 0.15) is 0 Å². The number of hydrogen-bond donors (Lipinski definition) is 0. The number of rotatable bonds is 2. The molecule has 0 spiro atoms. The number of benzene rings is 2. The normalized spacial score (nSPS) is 18.5. The van der Waals surface area contributed by atoms with E-state index >= 15 is 0 Å². The molecule has 0 aliphatic carbocycles. The Labute approximate surface area is 161 Å². The molecule has 1 heterocycles. The van der Waals surface area contributed by atoms with Crippen LogP contribution < -0.4 is 0 Å². The highest BCUT2D eigenvalue weighted by Crippen LogP contribution is 2.29. The number of nitrogens with zero attached hydrogens (tertiary/aromatic N) is 2. The molecule has 0 atom stereocenters. The molecule has 0 saturated carbocycles. The number of ketones is 1. The van der Waals surface area contributed by atoms with Crippen LogP contribution in [0.5, 0.6) is 0 Å². The summed E-state index contributed by atoms with van der Waals surface area (Å²) >= 11 is 0. The van der Waals surface area contributed by atoms with Gasteiger partial charge in [-0.15, -0.1) is 0 Å². The second-order valence-corrected chi connectivity index (χ2v) is 6.69. The Morgan fingerprint density at radius 1 is 0.929 bits per heavy atom. The van der Waals surface area contributed by atoms with Crippen molar-refractivity contribution in [2.24, 2.45) is 0 Å². The van der Waals surface area contributed by atoms with Gasteiger partial charge in [-0.1, -0.05) is 24.3 Å². The number of halogens is 3. The van der Waals surface area contributed by atoms with Crippen LogP contribution in [-0.2, 0) is 11.0 Å². The standard InChI is InChI=1S/C22H17F3N2O/c1-27-13-18(10-15-2-4-17(12-26)5-3-15)21(28)19(14-27)11-16-6-8-20(9-7-16)22(23,24)25/h2-11H,13-14H2,1H3/b18-10+,19-11+. The lowest BCUT2D eigenvalue weighted by Gasteiger charge is -2.26. The number of alkyl halides is 3. The minimum Gasteiger partial charge on any atom is -0.298 e. The van der Waals surface area contributed by atoms with Crippen LogP contribution in [0.3, 0.4) is 0 Å². The van der Waals surface area contributed by atoms with Crippen LogP contribution >= 0.6 is 0 Å². The van der Waals surface area contributed by atoms with Crippen LogP contribution in [-0.4, -0.2) is 30.8 Å². The summed E-state index contributed by atoms with van der Waals surface area (Å²) in [5, 5.41) is 8.87. The minimum atomic E-state index is -4.39. The first-order valence-corrected chi connectivity index (χ1v) is 8.58. The van der Waals surface area contributed by atoms with E-state index in [0.29, 0.717) is 35.4 Å². The van der Waals surface area contributed by atoms with Gasteiger partial charge in [0.05, 0.1) is 17.2 Å². The third-order valence-corrected chi connectivity index (χ3v) is 4.42. The van der Waals surface area contributed by atoms with Crippen LogP contribution in [0.1, 0.15) is 22.3 Å². The maximum Gasteiger partial charge on any atom is 0.416 e. The summed E-state index contributed by atoms with van der Waals surface area (Å²) in [6, 6.07) is 13.7. The predicted octanol–water partition coefficient (Wildman–Crippen LogP) is 4.56. The predicted molar refractivity (Wildman–Crippen MR) is 101 cm³/mol. The van der Waals surface area contributed by atoms with Crippen molar-refractivity contribution in [1.29, 1.82) is 5.26 Å². The van der Waals surface area contributed by atoms with Crippen molar-refractivity contribution >= 4 is 17.9 Å². The van der Waals surface area contributed by atoms with E-state index in [9.17, 15) is 18.0 Å². The third-order valence-electron chi connectivity index (χ3n) is 4.42. The van der Waals surface area contributed by atoms with Gasteiger partial charge < -0.3 is 0 Å². The average Bonchev–Trinajstić information content (AvgIpc) is 2.66. The quantitative estimate of drug-likeness (QED) is 0.716. The Hall–Kier alpha value is -3.17. The van der Waals surface area contributed by atoms with Crippen LogP contribution in [0, 0.1) is 11.3 Å². The molecule has 3 rings (SSSR count). The molecular formula is C22H17F3N2O. The molecule has 0 aromatic heterocycles. The zero-order valence-electron chi connectivity index (χ0n) is 15.1. The fourth-order valence-electron chi connectivity index (χ4n) is 3.03. The Bertz CT molecular complexity index is 978. The molecule has 1 aliphatic heterocycles. The van der Waals surface area contributed by atoms with E-state index in [1.54, 1.807) is 36.4 Å². The van der Waals surface area contributed by atoms with E-state index in [0.717, 1.165) is 17.7 Å². The lowest BCUT2D eigenvalue weighted by molar-refractivity contribution is -0.137. The fourth-order valence-corrected chi connectivity index (χ4v) is 3.03. The molecule has 0 amide bonds. The van der Waals surface area contributed by atoms with Crippen molar-refractivity contribution in [3.63, 3.8) is 0 Å². The van der Waals surface area contributed by atoms with E-state index in [1.165, 1.54) is 12.1 Å². The summed E-state index contributed by atoms with van der Waals surface area (Å²) in [5.74, 6) is -0.123. The van der Waals surface area contributed by atoms with E-state index < -0.39 is 11.7 Å². The van der Waals surface area contributed by atoms with E-state index in [1.807, 2.05) is 18.0 Å². The number of piperidine rings is 1. The Kier molecular flexibility index (Phi) is 5.48. The molecule has 2 aromatic carbocycles. The van der Waals surface area contributed by atoms with E-state index in [-0.39, 0.29) is 5.78 Å². The van der Waals surface area contributed by atoms with Crippen molar-refractivity contribution < 1.29 is 18.0 Å². The first-order chi connectivity index (χ1) is 13.3. The molecular weight excluding hydrogens is 365 g/mol. The van der Waals surface area contributed by atoms with E-state index in [4.69, 9.17) is 5.26 Å². The summed E-state index contributed by atoms with van der Waals surface area (Å²) in [4.78, 5) is 14.8. The van der Waals surface area contributed by atoms with Gasteiger partial charge in [-0.3, -0.25) is 9.69 Å². The third kappa shape index (κ3) is 4.56. The van der Waals surface area contributed by atoms with Crippen LogP contribution in [0.25, 0.3) is 12.2 Å². The molecule has 1 saturated heterocycles. The number of Topliss-reactive ketones (excluding diaryl/α,β-unsaturated/α-hetero) is 1. The molecule has 142 valence electrons. The Morgan fingerprint density at radius 3 is 1.82 bits per heavy atom. The van der Waals surface area contributed by atoms with Gasteiger partial charge >= 0.3 is 6.18 Å². The zero-order valence-corrected chi connectivity index (χ0v) is 15.1. The SMILES string of the molecule is CN1C/C(=C\c2ccc(C#N)cc2)C(=O)/C(=C/c2ccc(C(F)(F)F)cc2)C1. The summed E-state index contributed by atoms with van der Waals surface area (Å²) < 4.78 is 38.1. The first kappa shape index (κ1) is 19.6. The molecule has 0 N–H and O–H groups in total. The van der Waals surface area contributed by atoms with Gasteiger partial charge in [0, 0.05) is 24.2 Å². The van der Waals surface area contributed by atoms with Crippen molar-refractivity contribution in [3.8, 4) is 6.07 Å². The van der Waals surface area contributed by atoms with Crippen LogP contribution in [0.2, 0.25) is 0 Å². The molecule has 0 unspecified atom stereocenters. The summed E-state index contributed by atoms with van der Waals surface area (Å²) in [6.45, 7) is 0.897. The topological polar surface area (TPSA) is 44.1 Å². The second kappa shape index (κ2) is 7.83. The number of carbonyl (C=O) groups is 1. The van der Waals surface area contributed by atoms with Crippen molar-refractivity contribution in [2.45, 2.75) is 6.18 Å². The number of likely N-dealkylation sites (tertiary alicyclic amines) is 1. The highest BCUT2D eigenvalue weighted by atomic mass is 19.4. The van der Waals surface area contributed by atoms with E-state index in [2.05, 4.69) is 0 Å². The van der Waals surface area contributed by atoms with Gasteiger partial charge in [-0.2, -0.15) is 18.4 Å². The van der Waals surface area contributed by atoms with Crippen molar-refractivity contribution in [3.05, 3.63) is 81.9 Å². The summed E-state index contributed by atoms with van der Waals surface area (Å²) in [7, 11) is 1.87. The number of nitriles is 1.